The molecule has 20 heavy (non-hydrogen) atoms. The van der Waals surface area contributed by atoms with E-state index in [1.165, 1.54) is 4.57 Å². The van der Waals surface area contributed by atoms with Crippen LogP contribution in [0.15, 0.2) is 15.4 Å². The summed E-state index contributed by atoms with van der Waals surface area (Å²) in [5.41, 5.74) is 1.47. The molecule has 0 radical (unpaired) electrons. The molecule has 0 unspecified atom stereocenters. The predicted octanol–water partition coefficient (Wildman–Crippen LogP) is 1.16. The number of carbonyl (C=O) groups is 1. The lowest BCUT2D eigenvalue weighted by atomic mass is 10.1. The van der Waals surface area contributed by atoms with Crippen LogP contribution in [-0.2, 0) is 11.2 Å². The van der Waals surface area contributed by atoms with Gasteiger partial charge in [-0.15, -0.1) is 0 Å². The van der Waals surface area contributed by atoms with Crippen LogP contribution in [-0.4, -0.2) is 25.8 Å². The largest absolute Gasteiger partial charge is 0.481 e. The molecule has 0 fully saturated rings. The first kappa shape index (κ1) is 14.0. The first-order valence-corrected chi connectivity index (χ1v) is 6.14. The minimum atomic E-state index is -0.890. The molecule has 0 saturated carbocycles. The van der Waals surface area contributed by atoms with E-state index in [9.17, 15) is 9.59 Å². The molecule has 106 valence electrons. The van der Waals surface area contributed by atoms with E-state index >= 15 is 0 Å². The van der Waals surface area contributed by atoms with Gasteiger partial charge in [0.1, 0.15) is 5.76 Å². The van der Waals surface area contributed by atoms with Crippen LogP contribution in [0.1, 0.15) is 29.1 Å². The molecule has 2 aromatic heterocycles. The van der Waals surface area contributed by atoms with Gasteiger partial charge in [0.15, 0.2) is 5.82 Å². The van der Waals surface area contributed by atoms with Gasteiger partial charge in [0.25, 0.3) is 0 Å². The second kappa shape index (κ2) is 5.28. The molecule has 7 nitrogen and oxygen atoms in total. The molecule has 0 aliphatic heterocycles. The van der Waals surface area contributed by atoms with Crippen LogP contribution < -0.4 is 5.69 Å². The molecule has 0 atom stereocenters. The lowest BCUT2D eigenvalue weighted by Gasteiger charge is -2.12. The van der Waals surface area contributed by atoms with E-state index < -0.39 is 11.7 Å². The van der Waals surface area contributed by atoms with Crippen molar-refractivity contribution in [3.8, 4) is 5.82 Å². The maximum atomic E-state index is 12.0. The van der Waals surface area contributed by atoms with Crippen LogP contribution in [0, 0.1) is 20.8 Å². The SMILES string of the molecule is Cc1cc(-n2c(C)c(CCC(=O)O)c(C)nc2=O)no1. The van der Waals surface area contributed by atoms with Crippen LogP contribution in [0.2, 0.25) is 0 Å². The van der Waals surface area contributed by atoms with Crippen molar-refractivity contribution in [3.63, 3.8) is 0 Å². The Morgan fingerprint density at radius 3 is 2.65 bits per heavy atom. The summed E-state index contributed by atoms with van der Waals surface area (Å²) in [6.45, 7) is 5.17. The van der Waals surface area contributed by atoms with Gasteiger partial charge in [0.2, 0.25) is 0 Å². The van der Waals surface area contributed by atoms with E-state index in [1.54, 1.807) is 26.8 Å². The van der Waals surface area contributed by atoms with E-state index in [0.717, 1.165) is 5.56 Å². The zero-order valence-corrected chi connectivity index (χ0v) is 11.5. The Morgan fingerprint density at radius 2 is 2.10 bits per heavy atom. The molecule has 2 aromatic rings. The van der Waals surface area contributed by atoms with Gasteiger partial charge in [-0.25, -0.2) is 9.36 Å². The Balaban J connectivity index is 2.55. The van der Waals surface area contributed by atoms with Gasteiger partial charge in [0.05, 0.1) is 0 Å². The van der Waals surface area contributed by atoms with Crippen LogP contribution in [0.5, 0.6) is 0 Å². The number of rotatable bonds is 4. The molecule has 2 rings (SSSR count). The topological polar surface area (TPSA) is 98.2 Å². The first-order chi connectivity index (χ1) is 9.40. The third-order valence-corrected chi connectivity index (χ3v) is 3.10. The molecule has 0 aromatic carbocycles. The average molecular weight is 277 g/mol. The minimum Gasteiger partial charge on any atom is -0.481 e. The van der Waals surface area contributed by atoms with Crippen molar-refractivity contribution in [3.05, 3.63) is 39.3 Å². The van der Waals surface area contributed by atoms with E-state index in [2.05, 4.69) is 10.1 Å². The number of nitrogens with zero attached hydrogens (tertiary/aromatic N) is 3. The Hall–Kier alpha value is -2.44. The van der Waals surface area contributed by atoms with Gasteiger partial charge in [-0.2, -0.15) is 4.98 Å². The molecule has 2 heterocycles. The molecular formula is C13H15N3O4. The van der Waals surface area contributed by atoms with Crippen LogP contribution >= 0.6 is 0 Å². The van der Waals surface area contributed by atoms with Gasteiger partial charge in [-0.05, 0) is 32.8 Å². The molecular weight excluding hydrogens is 262 g/mol. The monoisotopic (exact) mass is 277 g/mol. The van der Waals surface area contributed by atoms with E-state index in [1.807, 2.05) is 0 Å². The van der Waals surface area contributed by atoms with E-state index in [0.29, 0.717) is 29.4 Å². The number of aromatic nitrogens is 3. The van der Waals surface area contributed by atoms with Crippen molar-refractivity contribution in [1.29, 1.82) is 0 Å². The third-order valence-electron chi connectivity index (χ3n) is 3.10. The number of hydrogen-bond donors (Lipinski definition) is 1. The smallest absolute Gasteiger partial charge is 0.353 e. The highest BCUT2D eigenvalue weighted by Crippen LogP contribution is 2.15. The Labute approximate surface area is 114 Å². The fourth-order valence-electron chi connectivity index (χ4n) is 2.12. The molecule has 0 bridgehead atoms. The number of carboxylic acid groups (broad SMARTS) is 1. The first-order valence-electron chi connectivity index (χ1n) is 6.14. The van der Waals surface area contributed by atoms with Crippen LogP contribution in [0.25, 0.3) is 5.82 Å². The maximum absolute atomic E-state index is 12.0. The van der Waals surface area contributed by atoms with Crippen LogP contribution in [0.3, 0.4) is 0 Å². The Bertz CT molecular complexity index is 715. The van der Waals surface area contributed by atoms with Crippen molar-refractivity contribution in [1.82, 2.24) is 14.7 Å². The summed E-state index contributed by atoms with van der Waals surface area (Å²) < 4.78 is 6.30. The van der Waals surface area contributed by atoms with Crippen molar-refractivity contribution >= 4 is 5.97 Å². The van der Waals surface area contributed by atoms with Crippen molar-refractivity contribution in [2.45, 2.75) is 33.6 Å². The highest BCUT2D eigenvalue weighted by Gasteiger charge is 2.15. The lowest BCUT2D eigenvalue weighted by Crippen LogP contribution is -2.26. The fourth-order valence-corrected chi connectivity index (χ4v) is 2.12. The molecule has 0 aliphatic carbocycles. The van der Waals surface area contributed by atoms with Crippen LogP contribution in [0.4, 0.5) is 0 Å². The van der Waals surface area contributed by atoms with E-state index in [-0.39, 0.29) is 6.42 Å². The molecule has 7 heteroatoms. The van der Waals surface area contributed by atoms with Gasteiger partial charge in [-0.1, -0.05) is 5.16 Å². The number of hydrogen-bond acceptors (Lipinski definition) is 5. The summed E-state index contributed by atoms with van der Waals surface area (Å²) in [7, 11) is 0. The lowest BCUT2D eigenvalue weighted by molar-refractivity contribution is -0.136. The predicted molar refractivity (Wildman–Crippen MR) is 70.1 cm³/mol. The van der Waals surface area contributed by atoms with E-state index in [4.69, 9.17) is 9.63 Å². The third kappa shape index (κ3) is 2.61. The second-order valence-electron chi connectivity index (χ2n) is 4.57. The Kier molecular flexibility index (Phi) is 3.69. The maximum Gasteiger partial charge on any atom is 0.353 e. The highest BCUT2D eigenvalue weighted by molar-refractivity contribution is 5.67. The zero-order valence-electron chi connectivity index (χ0n) is 11.5. The van der Waals surface area contributed by atoms with Gasteiger partial charge < -0.3 is 9.63 Å². The van der Waals surface area contributed by atoms with Gasteiger partial charge >= 0.3 is 11.7 Å². The molecule has 0 spiro atoms. The summed E-state index contributed by atoms with van der Waals surface area (Å²) >= 11 is 0. The normalized spacial score (nSPS) is 10.8. The average Bonchev–Trinajstić information content (AvgIpc) is 2.74. The molecule has 1 N–H and O–H groups in total. The standard InChI is InChI=1S/C13H15N3O4/c1-7-6-11(15-20-7)16-9(3)10(4-5-12(17)18)8(2)14-13(16)19/h6H,4-5H2,1-3H3,(H,17,18). The number of aliphatic carboxylic acids is 1. The molecule has 0 saturated heterocycles. The van der Waals surface area contributed by atoms with Crippen molar-refractivity contribution in [2.24, 2.45) is 0 Å². The van der Waals surface area contributed by atoms with Crippen molar-refractivity contribution < 1.29 is 14.4 Å². The number of carboxylic acids is 1. The quantitative estimate of drug-likeness (QED) is 0.900. The van der Waals surface area contributed by atoms with Crippen molar-refractivity contribution in [2.75, 3.05) is 0 Å². The fraction of sp³-hybridized carbons (Fsp3) is 0.385. The van der Waals surface area contributed by atoms with Gasteiger partial charge in [-0.3, -0.25) is 4.79 Å². The number of aryl methyl sites for hydroxylation is 2. The highest BCUT2D eigenvalue weighted by atomic mass is 16.5. The Morgan fingerprint density at radius 1 is 1.40 bits per heavy atom. The molecule has 0 amide bonds. The summed E-state index contributed by atoms with van der Waals surface area (Å²) in [4.78, 5) is 26.6. The molecule has 0 aliphatic rings. The summed E-state index contributed by atoms with van der Waals surface area (Å²) in [6.07, 6.45) is 0.302. The second-order valence-corrected chi connectivity index (χ2v) is 4.57. The van der Waals surface area contributed by atoms with Gasteiger partial charge in [0, 0.05) is 23.9 Å². The summed E-state index contributed by atoms with van der Waals surface area (Å²) in [6, 6.07) is 1.63. The minimum absolute atomic E-state index is 0.0145. The zero-order chi connectivity index (χ0) is 14.9. The summed E-state index contributed by atoms with van der Waals surface area (Å²) in [5.74, 6) is 0.0480. The summed E-state index contributed by atoms with van der Waals surface area (Å²) in [5, 5.41) is 12.6.